The van der Waals surface area contributed by atoms with Gasteiger partial charge in [-0.25, -0.2) is 0 Å². The molecule has 8 heteroatoms. The van der Waals surface area contributed by atoms with Crippen LogP contribution in [0.15, 0.2) is 72.8 Å². The summed E-state index contributed by atoms with van der Waals surface area (Å²) in [6.45, 7) is 9.53. The first-order valence-electron chi connectivity index (χ1n) is 16.0. The van der Waals surface area contributed by atoms with Crippen LogP contribution in [0.25, 0.3) is 0 Å². The number of ether oxygens (including phenoxy) is 1. The maximum Gasteiger partial charge on any atom is 0.127 e. The van der Waals surface area contributed by atoms with E-state index in [-0.39, 0.29) is 46.9 Å². The minimum absolute atomic E-state index is 0.0643. The fourth-order valence-electron chi connectivity index (χ4n) is 6.84. The Kier molecular flexibility index (Phi) is 8.29. The van der Waals surface area contributed by atoms with E-state index in [0.29, 0.717) is 50.3 Å². The number of phenols is 7. The predicted octanol–water partition coefficient (Wildman–Crippen LogP) is 8.43. The van der Waals surface area contributed by atoms with Gasteiger partial charge in [0.05, 0.1) is 0 Å². The summed E-state index contributed by atoms with van der Waals surface area (Å²) in [6, 6.07) is 20.0. The highest BCUT2D eigenvalue weighted by Gasteiger charge is 2.29. The fourth-order valence-corrected chi connectivity index (χ4v) is 6.84. The average molecular weight is 649 g/mol. The van der Waals surface area contributed by atoms with Crippen LogP contribution in [-0.2, 0) is 6.61 Å². The molecule has 1 aliphatic rings. The van der Waals surface area contributed by atoms with Crippen molar-refractivity contribution in [3.8, 4) is 46.0 Å². The lowest BCUT2D eigenvalue weighted by atomic mass is 9.81. The fraction of sp³-hybridized carbons (Fsp3) is 0.250. The van der Waals surface area contributed by atoms with Gasteiger partial charge in [-0.3, -0.25) is 0 Å². The Hall–Kier alpha value is -5.50. The number of rotatable bonds is 3. The van der Waals surface area contributed by atoms with Crippen LogP contribution < -0.4 is 4.74 Å². The molecule has 6 rings (SSSR count). The summed E-state index contributed by atoms with van der Waals surface area (Å²) in [4.78, 5) is 0. The molecule has 8 nitrogen and oxygen atoms in total. The minimum Gasteiger partial charge on any atom is -0.508 e. The second-order valence-electron chi connectivity index (χ2n) is 13.0. The molecule has 0 aromatic heterocycles. The van der Waals surface area contributed by atoms with Crippen LogP contribution in [0.1, 0.15) is 107 Å². The molecule has 248 valence electrons. The van der Waals surface area contributed by atoms with Crippen molar-refractivity contribution < 1.29 is 40.5 Å². The third-order valence-corrected chi connectivity index (χ3v) is 9.93. The standard InChI is InChI=1S/C40H40O8/c1-19-6-8-24(9-7-19)18-48-40-17-39(47)31-13-32(40)23(5)30-12-29(37(45)16-38(30)46)21(3)26-10-25(33(41)14-34(26)42)20(2)27-11-28(22(31)4)36(44)15-35(27)43/h6-17,20-23,41-47H,18H2,1-5H3/t20?,21-,22+,23-/m0/s1. The average Bonchev–Trinajstić information content (AvgIpc) is 3.03. The Labute approximate surface area is 279 Å². The van der Waals surface area contributed by atoms with E-state index in [4.69, 9.17) is 4.74 Å². The van der Waals surface area contributed by atoms with Gasteiger partial charge in [0.25, 0.3) is 0 Å². The van der Waals surface area contributed by atoms with E-state index >= 15 is 0 Å². The smallest absolute Gasteiger partial charge is 0.127 e. The van der Waals surface area contributed by atoms with Gasteiger partial charge in [0.15, 0.2) is 0 Å². The van der Waals surface area contributed by atoms with Gasteiger partial charge in [0.2, 0.25) is 0 Å². The molecule has 5 aromatic carbocycles. The lowest BCUT2D eigenvalue weighted by Crippen LogP contribution is -2.08. The molecule has 1 unspecified atom stereocenters. The zero-order valence-corrected chi connectivity index (χ0v) is 27.5. The monoisotopic (exact) mass is 648 g/mol. The van der Waals surface area contributed by atoms with E-state index < -0.39 is 23.7 Å². The van der Waals surface area contributed by atoms with Crippen molar-refractivity contribution in [3.63, 3.8) is 0 Å². The molecule has 1 aliphatic carbocycles. The number of hydrogen-bond acceptors (Lipinski definition) is 8. The summed E-state index contributed by atoms with van der Waals surface area (Å²) in [5.41, 5.74) is 5.77. The van der Waals surface area contributed by atoms with Gasteiger partial charge in [0, 0.05) is 92.4 Å². The number of benzene rings is 5. The molecule has 0 radical (unpaired) electrons. The van der Waals surface area contributed by atoms with Crippen LogP contribution in [0.5, 0.6) is 46.0 Å². The lowest BCUT2D eigenvalue weighted by molar-refractivity contribution is 0.300. The van der Waals surface area contributed by atoms with Crippen molar-refractivity contribution >= 4 is 0 Å². The molecular formula is C40H40O8. The van der Waals surface area contributed by atoms with Gasteiger partial charge >= 0.3 is 0 Å². The van der Waals surface area contributed by atoms with Crippen LogP contribution in [0.3, 0.4) is 0 Å². The zero-order chi connectivity index (χ0) is 34.6. The molecule has 0 saturated heterocycles. The van der Waals surface area contributed by atoms with Crippen molar-refractivity contribution in [2.75, 3.05) is 0 Å². The first kappa shape index (κ1) is 32.4. The molecule has 0 heterocycles. The third kappa shape index (κ3) is 5.68. The topological polar surface area (TPSA) is 151 Å². The summed E-state index contributed by atoms with van der Waals surface area (Å²) in [5, 5.41) is 77.7. The second kappa shape index (κ2) is 12.3. The largest absolute Gasteiger partial charge is 0.508 e. The van der Waals surface area contributed by atoms with Gasteiger partial charge in [0.1, 0.15) is 52.6 Å². The third-order valence-electron chi connectivity index (χ3n) is 9.93. The Balaban J connectivity index is 1.61. The maximum absolute atomic E-state index is 11.4. The van der Waals surface area contributed by atoms with Crippen LogP contribution in [0.2, 0.25) is 0 Å². The summed E-state index contributed by atoms with van der Waals surface area (Å²) in [5.74, 6) is -2.99. The van der Waals surface area contributed by atoms with Crippen LogP contribution in [0, 0.1) is 6.92 Å². The SMILES string of the molecule is Cc1ccc(COc2cc(O)c3cc2[C@@H](C)c2cc(c(O)cc2O)[C@@H](C)c2cc(c(O)cc2O)C(C)c2cc(c(O)cc2O)[C@H]3C)cc1. The summed E-state index contributed by atoms with van der Waals surface area (Å²) < 4.78 is 6.31. The van der Waals surface area contributed by atoms with Crippen LogP contribution >= 0.6 is 0 Å². The molecule has 0 fully saturated rings. The second-order valence-corrected chi connectivity index (χ2v) is 13.0. The Morgan fingerprint density at radius 3 is 1.06 bits per heavy atom. The maximum atomic E-state index is 11.4. The van der Waals surface area contributed by atoms with Crippen LogP contribution in [0.4, 0.5) is 0 Å². The van der Waals surface area contributed by atoms with E-state index in [1.165, 1.54) is 24.3 Å². The normalized spacial score (nSPS) is 18.8. The first-order valence-corrected chi connectivity index (χ1v) is 16.0. The quantitative estimate of drug-likeness (QED) is 0.103. The molecule has 7 N–H and O–H groups in total. The highest BCUT2D eigenvalue weighted by Crippen LogP contribution is 2.49. The Morgan fingerprint density at radius 1 is 0.417 bits per heavy atom. The molecule has 0 spiro atoms. The highest BCUT2D eigenvalue weighted by molar-refractivity contribution is 5.61. The van der Waals surface area contributed by atoms with Gasteiger partial charge < -0.3 is 40.5 Å². The Morgan fingerprint density at radius 2 is 0.708 bits per heavy atom. The van der Waals surface area contributed by atoms with Crippen molar-refractivity contribution in [1.82, 2.24) is 0 Å². The summed E-state index contributed by atoms with van der Waals surface area (Å²) in [6.07, 6.45) is 0. The summed E-state index contributed by atoms with van der Waals surface area (Å²) in [7, 11) is 0. The lowest BCUT2D eigenvalue weighted by Gasteiger charge is -2.26. The number of aromatic hydroxyl groups is 7. The van der Waals surface area contributed by atoms with E-state index in [2.05, 4.69) is 0 Å². The number of phenolic OH excluding ortho intramolecular Hbond substituents is 7. The first-order chi connectivity index (χ1) is 22.7. The van der Waals surface area contributed by atoms with Gasteiger partial charge in [-0.2, -0.15) is 0 Å². The van der Waals surface area contributed by atoms with Crippen molar-refractivity contribution in [3.05, 3.63) is 128 Å². The van der Waals surface area contributed by atoms with Crippen molar-refractivity contribution in [1.29, 1.82) is 0 Å². The van der Waals surface area contributed by atoms with E-state index in [1.807, 2.05) is 45.0 Å². The van der Waals surface area contributed by atoms with E-state index in [1.54, 1.807) is 38.1 Å². The number of fused-ring (bicyclic) bond motifs is 8. The molecule has 8 bridgehead atoms. The number of hydrogen-bond donors (Lipinski definition) is 7. The molecule has 4 atom stereocenters. The summed E-state index contributed by atoms with van der Waals surface area (Å²) >= 11 is 0. The molecular weight excluding hydrogens is 608 g/mol. The number of aryl methyl sites for hydroxylation is 1. The molecule has 0 aliphatic heterocycles. The molecule has 0 saturated carbocycles. The highest BCUT2D eigenvalue weighted by atomic mass is 16.5. The van der Waals surface area contributed by atoms with Crippen LogP contribution in [-0.4, -0.2) is 35.7 Å². The molecule has 5 aromatic rings. The minimum atomic E-state index is -0.596. The van der Waals surface area contributed by atoms with E-state index in [0.717, 1.165) is 11.1 Å². The molecule has 48 heavy (non-hydrogen) atoms. The van der Waals surface area contributed by atoms with E-state index in [9.17, 15) is 35.7 Å². The zero-order valence-electron chi connectivity index (χ0n) is 27.5. The molecule has 0 amide bonds. The van der Waals surface area contributed by atoms with Gasteiger partial charge in [-0.1, -0.05) is 57.5 Å². The predicted molar refractivity (Wildman–Crippen MR) is 183 cm³/mol. The Bertz CT molecular complexity index is 2030. The van der Waals surface area contributed by atoms with Gasteiger partial charge in [-0.05, 0) is 36.8 Å². The van der Waals surface area contributed by atoms with Gasteiger partial charge in [-0.15, -0.1) is 0 Å². The van der Waals surface area contributed by atoms with Crippen molar-refractivity contribution in [2.45, 2.75) is 64.9 Å². The van der Waals surface area contributed by atoms with Crippen molar-refractivity contribution in [2.24, 2.45) is 0 Å².